The Labute approximate surface area is 132 Å². The molecule has 0 radical (unpaired) electrons. The Bertz CT molecular complexity index is 489. The Morgan fingerprint density at radius 3 is 2.75 bits per heavy atom. The van der Waals surface area contributed by atoms with Gasteiger partial charge in [-0.25, -0.2) is 0 Å². The second-order valence-corrected chi connectivity index (χ2v) is 4.60. The molecule has 0 saturated heterocycles. The number of halogens is 1. The summed E-state index contributed by atoms with van der Waals surface area (Å²) in [5, 5.41) is 0. The molecule has 0 aliphatic carbocycles. The quantitative estimate of drug-likeness (QED) is 0.484. The Kier molecular flexibility index (Phi) is 6.94. The van der Waals surface area contributed by atoms with Gasteiger partial charge in [-0.05, 0) is 25.1 Å². The van der Waals surface area contributed by atoms with Crippen LogP contribution in [0.2, 0.25) is 0 Å². The van der Waals surface area contributed by atoms with Gasteiger partial charge in [0.15, 0.2) is 11.5 Å². The number of amides is 1. The van der Waals surface area contributed by atoms with E-state index < -0.39 is 0 Å². The van der Waals surface area contributed by atoms with Crippen LogP contribution in [0.5, 0.6) is 5.75 Å². The smallest absolute Gasteiger partial charge is 0.257 e. The number of hydroxylamine groups is 1. The van der Waals surface area contributed by atoms with E-state index in [-0.39, 0.29) is 11.7 Å². The highest BCUT2D eigenvalue weighted by atomic mass is 127. The molecule has 0 bridgehead atoms. The Balaban J connectivity index is 0.000000956. The van der Waals surface area contributed by atoms with E-state index in [0.717, 1.165) is 5.56 Å². The molecule has 1 aromatic carbocycles. The summed E-state index contributed by atoms with van der Waals surface area (Å²) in [6, 6.07) is 5.21. The van der Waals surface area contributed by atoms with Crippen molar-refractivity contribution in [1.29, 1.82) is 0 Å². The van der Waals surface area contributed by atoms with Crippen molar-refractivity contribution in [3.63, 3.8) is 0 Å². The molecule has 0 unspecified atom stereocenters. The highest BCUT2D eigenvalue weighted by Crippen LogP contribution is 2.23. The summed E-state index contributed by atoms with van der Waals surface area (Å²) >= 11 is 2.15. The first-order valence-corrected chi connectivity index (χ1v) is 8.36. The van der Waals surface area contributed by atoms with Gasteiger partial charge in [-0.1, -0.05) is 34.7 Å². The van der Waals surface area contributed by atoms with Crippen LogP contribution in [0.3, 0.4) is 0 Å². The Hall–Kier alpha value is -1.15. The summed E-state index contributed by atoms with van der Waals surface area (Å²) in [7, 11) is 3.86. The molecule has 1 amide bonds. The van der Waals surface area contributed by atoms with Crippen LogP contribution >= 0.6 is 22.6 Å². The molecule has 110 valence electrons. The number of fused-ring (bicyclic) bond motifs is 1. The zero-order valence-corrected chi connectivity index (χ0v) is 14.1. The number of carbonyl (C=O) groups is 2. The van der Waals surface area contributed by atoms with E-state index in [1.165, 1.54) is 0 Å². The number of nitrogens with one attached hydrogen (secondary N) is 1. The van der Waals surface area contributed by atoms with E-state index in [2.05, 4.69) is 28.1 Å². The number of ketones is 1. The number of Topliss-reactive ketones (excluding diaryl/α,β-unsaturated/α-hetero) is 1. The van der Waals surface area contributed by atoms with Crippen LogP contribution < -0.4 is 10.3 Å². The fourth-order valence-corrected chi connectivity index (χ4v) is 1.76. The molecule has 0 atom stereocenters. The lowest BCUT2D eigenvalue weighted by Crippen LogP contribution is -2.33. The molecule has 0 fully saturated rings. The summed E-state index contributed by atoms with van der Waals surface area (Å²) < 4.78 is 0. The first-order valence-electron chi connectivity index (χ1n) is 6.20. The standard InChI is InChI=1S/C13H16N2O3.CH3I/c1-15(2)6-5-11(16)9-3-4-10-8-13(17)14-18-12(10)7-9;1-2/h3-4,7H,5-6,8H2,1-2H3,(H,14,17);1H3. The predicted octanol–water partition coefficient (Wildman–Crippen LogP) is 1.84. The van der Waals surface area contributed by atoms with Gasteiger partial charge < -0.3 is 9.74 Å². The molecular weight excluding hydrogens is 371 g/mol. The van der Waals surface area contributed by atoms with E-state index in [4.69, 9.17) is 4.84 Å². The van der Waals surface area contributed by atoms with Crippen molar-refractivity contribution < 1.29 is 14.4 Å². The predicted molar refractivity (Wildman–Crippen MR) is 86.4 cm³/mol. The van der Waals surface area contributed by atoms with Gasteiger partial charge in [-0.15, -0.1) is 0 Å². The number of nitrogens with zero attached hydrogens (tertiary/aromatic N) is 1. The summed E-state index contributed by atoms with van der Waals surface area (Å²) in [4.78, 5) is 32.1. The average Bonchev–Trinajstić information content (AvgIpc) is 2.46. The summed E-state index contributed by atoms with van der Waals surface area (Å²) in [5.74, 6) is 0.464. The molecule has 0 aromatic heterocycles. The van der Waals surface area contributed by atoms with Crippen LogP contribution in [0, 0.1) is 0 Å². The molecule has 1 aliphatic rings. The summed E-state index contributed by atoms with van der Waals surface area (Å²) in [6.07, 6.45) is 0.764. The number of hydrogen-bond acceptors (Lipinski definition) is 4. The van der Waals surface area contributed by atoms with E-state index in [1.54, 1.807) is 18.2 Å². The topological polar surface area (TPSA) is 58.6 Å². The van der Waals surface area contributed by atoms with Gasteiger partial charge in [0.1, 0.15) is 0 Å². The molecule has 2 rings (SSSR count). The fourth-order valence-electron chi connectivity index (χ4n) is 1.76. The van der Waals surface area contributed by atoms with Crippen LogP contribution in [0.25, 0.3) is 0 Å². The minimum absolute atomic E-state index is 0.0759. The molecule has 1 N–H and O–H groups in total. The van der Waals surface area contributed by atoms with Crippen molar-refractivity contribution in [3.05, 3.63) is 29.3 Å². The van der Waals surface area contributed by atoms with E-state index in [9.17, 15) is 9.59 Å². The lowest BCUT2D eigenvalue weighted by Gasteiger charge is -2.17. The normalized spacial score (nSPS) is 12.8. The maximum absolute atomic E-state index is 11.9. The minimum Gasteiger partial charge on any atom is -0.379 e. The van der Waals surface area contributed by atoms with Gasteiger partial charge >= 0.3 is 0 Å². The first-order chi connectivity index (χ1) is 9.56. The first kappa shape index (κ1) is 16.9. The van der Waals surface area contributed by atoms with Crippen molar-refractivity contribution >= 4 is 34.3 Å². The lowest BCUT2D eigenvalue weighted by molar-refractivity contribution is -0.128. The monoisotopic (exact) mass is 390 g/mol. The molecule has 0 saturated carbocycles. The van der Waals surface area contributed by atoms with Crippen molar-refractivity contribution in [2.45, 2.75) is 12.8 Å². The zero-order valence-electron chi connectivity index (χ0n) is 11.9. The van der Waals surface area contributed by atoms with Crippen molar-refractivity contribution in [2.75, 3.05) is 25.6 Å². The molecule has 5 nitrogen and oxygen atoms in total. The number of hydrogen-bond donors (Lipinski definition) is 1. The van der Waals surface area contributed by atoms with Crippen molar-refractivity contribution in [1.82, 2.24) is 10.4 Å². The Morgan fingerprint density at radius 1 is 1.40 bits per heavy atom. The SMILES string of the molecule is CI.CN(C)CCC(=O)c1ccc2c(c1)ONC(=O)C2. The molecule has 0 spiro atoms. The van der Waals surface area contributed by atoms with E-state index in [1.807, 2.05) is 23.9 Å². The summed E-state index contributed by atoms with van der Waals surface area (Å²) in [5.41, 5.74) is 3.72. The van der Waals surface area contributed by atoms with E-state index in [0.29, 0.717) is 30.7 Å². The Morgan fingerprint density at radius 2 is 2.10 bits per heavy atom. The van der Waals surface area contributed by atoms with Crippen LogP contribution in [-0.4, -0.2) is 42.2 Å². The fraction of sp³-hybridized carbons (Fsp3) is 0.429. The maximum atomic E-state index is 11.9. The van der Waals surface area contributed by atoms with Gasteiger partial charge in [0.25, 0.3) is 5.91 Å². The van der Waals surface area contributed by atoms with Gasteiger partial charge in [-0.2, -0.15) is 5.48 Å². The molecule has 6 heteroatoms. The minimum atomic E-state index is -0.172. The second kappa shape index (κ2) is 8.21. The van der Waals surface area contributed by atoms with Crippen LogP contribution in [-0.2, 0) is 11.2 Å². The van der Waals surface area contributed by atoms with Gasteiger partial charge in [0, 0.05) is 24.1 Å². The molecule has 1 aliphatic heterocycles. The van der Waals surface area contributed by atoms with Crippen molar-refractivity contribution in [2.24, 2.45) is 0 Å². The molecular formula is C14H19IN2O3. The van der Waals surface area contributed by atoms with Crippen LogP contribution in [0.1, 0.15) is 22.3 Å². The third-order valence-corrected chi connectivity index (χ3v) is 2.80. The van der Waals surface area contributed by atoms with Crippen LogP contribution in [0.4, 0.5) is 0 Å². The molecule has 20 heavy (non-hydrogen) atoms. The maximum Gasteiger partial charge on any atom is 0.257 e. The summed E-state index contributed by atoms with van der Waals surface area (Å²) in [6.45, 7) is 0.716. The third kappa shape index (κ3) is 4.75. The van der Waals surface area contributed by atoms with Crippen LogP contribution in [0.15, 0.2) is 18.2 Å². The largest absolute Gasteiger partial charge is 0.379 e. The third-order valence-electron chi connectivity index (χ3n) is 2.80. The van der Waals surface area contributed by atoms with Gasteiger partial charge in [-0.3, -0.25) is 9.59 Å². The highest BCUT2D eigenvalue weighted by molar-refractivity contribution is 14.1. The number of alkyl halides is 1. The number of carbonyl (C=O) groups excluding carboxylic acids is 2. The van der Waals surface area contributed by atoms with Gasteiger partial charge in [0.05, 0.1) is 6.42 Å². The number of rotatable bonds is 4. The number of benzene rings is 1. The van der Waals surface area contributed by atoms with Gasteiger partial charge in [0.2, 0.25) is 0 Å². The zero-order chi connectivity index (χ0) is 15.1. The second-order valence-electron chi connectivity index (χ2n) is 4.60. The highest BCUT2D eigenvalue weighted by Gasteiger charge is 2.18. The average molecular weight is 390 g/mol. The molecule has 1 aromatic rings. The van der Waals surface area contributed by atoms with Crippen molar-refractivity contribution in [3.8, 4) is 5.75 Å². The lowest BCUT2D eigenvalue weighted by atomic mass is 10.0. The van der Waals surface area contributed by atoms with E-state index >= 15 is 0 Å². The molecule has 1 heterocycles.